The molecule has 0 aromatic heterocycles. The van der Waals surface area contributed by atoms with E-state index in [0.717, 1.165) is 16.7 Å². The average molecular weight is 407 g/mol. The largest absolute Gasteiger partial charge is 0.493 e. The van der Waals surface area contributed by atoms with Gasteiger partial charge in [-0.2, -0.15) is 5.26 Å². The molecule has 0 spiro atoms. The number of aryl methyl sites for hydroxylation is 1. The van der Waals surface area contributed by atoms with Gasteiger partial charge in [0, 0.05) is 16.8 Å². The van der Waals surface area contributed by atoms with Crippen LogP contribution in [0.1, 0.15) is 11.1 Å². The average Bonchev–Trinajstić information content (AvgIpc) is 2.73. The monoisotopic (exact) mass is 406 g/mol. The number of nitrogens with one attached hydrogen (secondary N) is 1. The highest BCUT2D eigenvalue weighted by molar-refractivity contribution is 6.30. The number of amides is 1. The number of benzene rings is 3. The molecule has 0 aliphatic heterocycles. The molecule has 0 saturated heterocycles. The van der Waals surface area contributed by atoms with Crippen molar-refractivity contribution < 1.29 is 14.3 Å². The Morgan fingerprint density at radius 2 is 1.86 bits per heavy atom. The Labute approximate surface area is 174 Å². The third-order valence-corrected chi connectivity index (χ3v) is 4.55. The van der Waals surface area contributed by atoms with Crippen LogP contribution >= 0.6 is 11.6 Å². The summed E-state index contributed by atoms with van der Waals surface area (Å²) >= 11 is 6.06. The Morgan fingerprint density at radius 3 is 2.55 bits per heavy atom. The number of hydrogen-bond donors (Lipinski definition) is 1. The molecule has 1 N–H and O–H groups in total. The second kappa shape index (κ2) is 9.13. The Balaban J connectivity index is 1.66. The fourth-order valence-corrected chi connectivity index (χ4v) is 3.03. The summed E-state index contributed by atoms with van der Waals surface area (Å²) in [5.74, 6) is 0.503. The number of anilines is 1. The zero-order valence-corrected chi connectivity index (χ0v) is 16.8. The van der Waals surface area contributed by atoms with Crippen molar-refractivity contribution in [1.29, 1.82) is 5.26 Å². The van der Waals surface area contributed by atoms with Crippen molar-refractivity contribution in [3.63, 3.8) is 0 Å². The molecule has 0 aliphatic rings. The zero-order chi connectivity index (χ0) is 20.8. The fraction of sp³-hybridized carbons (Fsp3) is 0.130. The van der Waals surface area contributed by atoms with Gasteiger partial charge in [-0.25, -0.2) is 0 Å². The zero-order valence-electron chi connectivity index (χ0n) is 16.0. The van der Waals surface area contributed by atoms with Crippen LogP contribution in [0.15, 0.2) is 60.7 Å². The van der Waals surface area contributed by atoms with Crippen LogP contribution in [-0.2, 0) is 4.79 Å². The number of halogens is 1. The minimum Gasteiger partial charge on any atom is -0.493 e. The maximum absolute atomic E-state index is 12.3. The van der Waals surface area contributed by atoms with Crippen LogP contribution in [0.25, 0.3) is 11.1 Å². The Bertz CT molecular complexity index is 1090. The van der Waals surface area contributed by atoms with Crippen LogP contribution in [0.5, 0.6) is 11.5 Å². The lowest BCUT2D eigenvalue weighted by Gasteiger charge is -2.13. The van der Waals surface area contributed by atoms with Gasteiger partial charge >= 0.3 is 0 Å². The van der Waals surface area contributed by atoms with Crippen LogP contribution < -0.4 is 14.8 Å². The highest BCUT2D eigenvalue weighted by atomic mass is 35.5. The molecule has 3 aromatic rings. The number of ether oxygens (including phenoxy) is 2. The van der Waals surface area contributed by atoms with Crippen LogP contribution in [0.4, 0.5) is 5.69 Å². The van der Waals surface area contributed by atoms with Crippen molar-refractivity contribution in [1.82, 2.24) is 0 Å². The normalized spacial score (nSPS) is 10.1. The summed E-state index contributed by atoms with van der Waals surface area (Å²) in [7, 11) is 1.48. The Morgan fingerprint density at radius 1 is 1.07 bits per heavy atom. The number of hydrogen-bond acceptors (Lipinski definition) is 4. The quantitative estimate of drug-likeness (QED) is 0.609. The number of nitriles is 1. The van der Waals surface area contributed by atoms with Gasteiger partial charge in [-0.15, -0.1) is 0 Å². The van der Waals surface area contributed by atoms with E-state index in [1.165, 1.54) is 7.11 Å². The van der Waals surface area contributed by atoms with E-state index < -0.39 is 0 Å². The third-order valence-electron chi connectivity index (χ3n) is 4.31. The lowest BCUT2D eigenvalue weighted by atomic mass is 10.0. The highest BCUT2D eigenvalue weighted by Gasteiger charge is 2.10. The van der Waals surface area contributed by atoms with Gasteiger partial charge in [0.2, 0.25) is 0 Å². The molecule has 0 radical (unpaired) electrons. The molecule has 146 valence electrons. The van der Waals surface area contributed by atoms with Gasteiger partial charge in [0.25, 0.3) is 5.91 Å². The van der Waals surface area contributed by atoms with E-state index in [2.05, 4.69) is 5.32 Å². The number of carbonyl (C=O) groups is 1. The first-order chi connectivity index (χ1) is 14.0. The standard InChI is InChI=1S/C23H19ClN2O3/c1-15-10-18(17-4-3-5-19(24)12-17)7-8-20(15)26-23(27)14-29-21-9-6-16(13-25)11-22(21)28-2/h3-12H,14H2,1-2H3,(H,26,27). The van der Waals surface area contributed by atoms with Gasteiger partial charge < -0.3 is 14.8 Å². The third kappa shape index (κ3) is 5.07. The van der Waals surface area contributed by atoms with Gasteiger partial charge in [-0.3, -0.25) is 4.79 Å². The molecular formula is C23H19ClN2O3. The molecule has 0 fully saturated rings. The van der Waals surface area contributed by atoms with Crippen molar-refractivity contribution >= 4 is 23.2 Å². The molecule has 6 heteroatoms. The Kier molecular flexibility index (Phi) is 6.38. The minimum absolute atomic E-state index is 0.183. The first kappa shape index (κ1) is 20.2. The van der Waals surface area contributed by atoms with Crippen LogP contribution in [0.2, 0.25) is 5.02 Å². The van der Waals surface area contributed by atoms with Crippen LogP contribution in [0, 0.1) is 18.3 Å². The second-order valence-corrected chi connectivity index (χ2v) is 6.79. The van der Waals surface area contributed by atoms with Crippen LogP contribution in [0.3, 0.4) is 0 Å². The summed E-state index contributed by atoms with van der Waals surface area (Å²) in [4.78, 5) is 12.3. The van der Waals surface area contributed by atoms with E-state index in [4.69, 9.17) is 26.3 Å². The lowest BCUT2D eigenvalue weighted by Crippen LogP contribution is -2.20. The number of methoxy groups -OCH3 is 1. The van der Waals surface area contributed by atoms with Gasteiger partial charge in [-0.05, 0) is 60.0 Å². The van der Waals surface area contributed by atoms with Crippen molar-refractivity contribution in [3.05, 3.63) is 76.8 Å². The molecule has 0 heterocycles. The van der Waals surface area contributed by atoms with Crippen molar-refractivity contribution in [3.8, 4) is 28.7 Å². The molecule has 0 aliphatic carbocycles. The predicted octanol–water partition coefficient (Wildman–Crippen LogP) is 5.21. The van der Waals surface area contributed by atoms with Gasteiger partial charge in [0.15, 0.2) is 18.1 Å². The van der Waals surface area contributed by atoms with Gasteiger partial charge in [0.05, 0.1) is 18.7 Å². The molecule has 5 nitrogen and oxygen atoms in total. The number of rotatable bonds is 6. The Hall–Kier alpha value is -3.49. The predicted molar refractivity (Wildman–Crippen MR) is 113 cm³/mol. The minimum atomic E-state index is -0.296. The van der Waals surface area contributed by atoms with E-state index in [0.29, 0.717) is 27.8 Å². The maximum Gasteiger partial charge on any atom is 0.262 e. The molecule has 29 heavy (non-hydrogen) atoms. The molecular weight excluding hydrogens is 388 g/mol. The highest BCUT2D eigenvalue weighted by Crippen LogP contribution is 2.29. The molecule has 0 atom stereocenters. The number of carbonyl (C=O) groups excluding carboxylic acids is 1. The SMILES string of the molecule is COc1cc(C#N)ccc1OCC(=O)Nc1ccc(-c2cccc(Cl)c2)cc1C. The van der Waals surface area contributed by atoms with Gasteiger partial charge in [0.1, 0.15) is 0 Å². The molecule has 0 bridgehead atoms. The van der Waals surface area contributed by atoms with E-state index in [1.54, 1.807) is 18.2 Å². The first-order valence-corrected chi connectivity index (χ1v) is 9.25. The molecule has 0 saturated carbocycles. The van der Waals surface area contributed by atoms with E-state index in [1.807, 2.05) is 55.5 Å². The summed E-state index contributed by atoms with van der Waals surface area (Å²) in [6, 6.07) is 20.2. The summed E-state index contributed by atoms with van der Waals surface area (Å²) in [6.07, 6.45) is 0. The fourth-order valence-electron chi connectivity index (χ4n) is 2.84. The maximum atomic E-state index is 12.3. The van der Waals surface area contributed by atoms with Crippen molar-refractivity contribution in [2.45, 2.75) is 6.92 Å². The molecule has 3 aromatic carbocycles. The topological polar surface area (TPSA) is 71.3 Å². The van der Waals surface area contributed by atoms with Crippen LogP contribution in [-0.4, -0.2) is 19.6 Å². The molecule has 0 unspecified atom stereocenters. The van der Waals surface area contributed by atoms with E-state index in [-0.39, 0.29) is 12.5 Å². The summed E-state index contributed by atoms with van der Waals surface area (Å²) in [5, 5.41) is 12.5. The van der Waals surface area contributed by atoms with E-state index >= 15 is 0 Å². The first-order valence-electron chi connectivity index (χ1n) is 8.87. The summed E-state index contributed by atoms with van der Waals surface area (Å²) in [5.41, 5.74) is 4.10. The number of nitrogens with zero attached hydrogens (tertiary/aromatic N) is 1. The smallest absolute Gasteiger partial charge is 0.262 e. The molecule has 3 rings (SSSR count). The van der Waals surface area contributed by atoms with Crippen molar-refractivity contribution in [2.24, 2.45) is 0 Å². The summed E-state index contributed by atoms with van der Waals surface area (Å²) < 4.78 is 10.8. The van der Waals surface area contributed by atoms with Gasteiger partial charge in [-0.1, -0.05) is 29.8 Å². The lowest BCUT2D eigenvalue weighted by molar-refractivity contribution is -0.118. The second-order valence-electron chi connectivity index (χ2n) is 6.35. The van der Waals surface area contributed by atoms with Crippen molar-refractivity contribution in [2.75, 3.05) is 19.0 Å². The molecule has 1 amide bonds. The van der Waals surface area contributed by atoms with E-state index in [9.17, 15) is 4.79 Å². The summed E-state index contributed by atoms with van der Waals surface area (Å²) in [6.45, 7) is 1.74.